The summed E-state index contributed by atoms with van der Waals surface area (Å²) in [6, 6.07) is 4.15. The number of aryl methyl sites for hydroxylation is 1. The number of hydrogen-bond acceptors (Lipinski definition) is 2. The van der Waals surface area contributed by atoms with E-state index in [0.29, 0.717) is 6.17 Å². The van der Waals surface area contributed by atoms with E-state index in [1.165, 1.54) is 5.82 Å². The number of aromatic nitrogens is 1. The first kappa shape index (κ1) is 7.28. The Bertz CT molecular complexity index is 300. The molecular formula is C9H13N3. The minimum atomic E-state index is 0.360. The lowest BCUT2D eigenvalue weighted by molar-refractivity contribution is 0.667. The second kappa shape index (κ2) is 2.59. The summed E-state index contributed by atoms with van der Waals surface area (Å²) in [5.41, 5.74) is 0. The van der Waals surface area contributed by atoms with Gasteiger partial charge in [-0.1, -0.05) is 0 Å². The van der Waals surface area contributed by atoms with Gasteiger partial charge in [0.25, 0.3) is 0 Å². The first-order valence-electron chi connectivity index (χ1n) is 4.11. The summed E-state index contributed by atoms with van der Waals surface area (Å²) < 4.78 is 2.10. The Balaban J connectivity index is 2.30. The van der Waals surface area contributed by atoms with Crippen molar-refractivity contribution in [2.24, 2.45) is 7.05 Å². The Kier molecular flexibility index (Phi) is 1.57. The van der Waals surface area contributed by atoms with Crippen LogP contribution >= 0.6 is 0 Å². The number of rotatable bonds is 1. The smallest absolute Gasteiger partial charge is 0.113 e. The number of anilines is 1. The largest absolute Gasteiger partial charge is 0.370 e. The molecule has 1 atom stereocenters. The summed E-state index contributed by atoms with van der Waals surface area (Å²) in [4.78, 5) is 2.19. The molecule has 0 saturated heterocycles. The van der Waals surface area contributed by atoms with Gasteiger partial charge >= 0.3 is 0 Å². The average molecular weight is 163 g/mol. The third-order valence-electron chi connectivity index (χ3n) is 2.17. The minimum absolute atomic E-state index is 0.360. The summed E-state index contributed by atoms with van der Waals surface area (Å²) in [6.45, 7) is 2.13. The molecule has 0 spiro atoms. The molecule has 1 aliphatic rings. The van der Waals surface area contributed by atoms with Gasteiger partial charge in [0, 0.05) is 25.6 Å². The Hall–Kier alpha value is -1.38. The van der Waals surface area contributed by atoms with Crippen LogP contribution in [0.1, 0.15) is 6.92 Å². The number of nitrogens with zero attached hydrogens (tertiary/aromatic N) is 2. The van der Waals surface area contributed by atoms with E-state index in [2.05, 4.69) is 34.0 Å². The molecule has 0 unspecified atom stereocenters. The molecule has 2 heterocycles. The summed E-state index contributed by atoms with van der Waals surface area (Å²) >= 11 is 0. The zero-order chi connectivity index (χ0) is 8.55. The summed E-state index contributed by atoms with van der Waals surface area (Å²) in [6.07, 6.45) is 6.44. The SMILES string of the molecule is C[C@H]1NC=CN1c1cccn1C. The quantitative estimate of drug-likeness (QED) is 0.672. The highest BCUT2D eigenvalue weighted by Gasteiger charge is 2.16. The van der Waals surface area contributed by atoms with Crippen molar-refractivity contribution in [2.45, 2.75) is 13.1 Å². The fourth-order valence-electron chi connectivity index (χ4n) is 1.47. The molecule has 0 saturated carbocycles. The van der Waals surface area contributed by atoms with E-state index < -0.39 is 0 Å². The van der Waals surface area contributed by atoms with Gasteiger partial charge in [-0.05, 0) is 19.1 Å². The molecule has 64 valence electrons. The molecule has 0 amide bonds. The number of nitrogens with one attached hydrogen (secondary N) is 1. The van der Waals surface area contributed by atoms with Crippen LogP contribution in [0.5, 0.6) is 0 Å². The van der Waals surface area contributed by atoms with Gasteiger partial charge < -0.3 is 14.8 Å². The predicted octanol–water partition coefficient (Wildman–Crippen LogP) is 1.25. The third-order valence-corrected chi connectivity index (χ3v) is 2.17. The van der Waals surface area contributed by atoms with Crippen LogP contribution in [0.25, 0.3) is 0 Å². The van der Waals surface area contributed by atoms with Crippen molar-refractivity contribution in [3.63, 3.8) is 0 Å². The van der Waals surface area contributed by atoms with Crippen molar-refractivity contribution in [3.05, 3.63) is 30.7 Å². The van der Waals surface area contributed by atoms with Crippen LogP contribution in [-0.2, 0) is 7.05 Å². The molecule has 1 aromatic heterocycles. The topological polar surface area (TPSA) is 20.2 Å². The van der Waals surface area contributed by atoms with Crippen molar-refractivity contribution < 1.29 is 0 Å². The summed E-state index contributed by atoms with van der Waals surface area (Å²) in [5.74, 6) is 1.21. The zero-order valence-corrected chi connectivity index (χ0v) is 7.36. The molecule has 0 aliphatic carbocycles. The fraction of sp³-hybridized carbons (Fsp3) is 0.333. The highest BCUT2D eigenvalue weighted by Crippen LogP contribution is 2.18. The van der Waals surface area contributed by atoms with Crippen LogP contribution in [0.15, 0.2) is 30.7 Å². The fourth-order valence-corrected chi connectivity index (χ4v) is 1.47. The lowest BCUT2D eigenvalue weighted by Crippen LogP contribution is -2.32. The van der Waals surface area contributed by atoms with Crippen molar-refractivity contribution in [1.82, 2.24) is 9.88 Å². The second-order valence-corrected chi connectivity index (χ2v) is 3.04. The Labute approximate surface area is 72.3 Å². The van der Waals surface area contributed by atoms with E-state index in [0.717, 1.165) is 0 Å². The van der Waals surface area contributed by atoms with Gasteiger partial charge in [-0.25, -0.2) is 0 Å². The lowest BCUT2D eigenvalue weighted by atomic mass is 10.5. The van der Waals surface area contributed by atoms with E-state index >= 15 is 0 Å². The number of hydrogen-bond donors (Lipinski definition) is 1. The Morgan fingerprint density at radius 3 is 2.83 bits per heavy atom. The standard InChI is InChI=1S/C9H13N3/c1-8-10-5-7-12(8)9-4-3-6-11(9)2/h3-8,10H,1-2H3/t8-/m0/s1. The van der Waals surface area contributed by atoms with Crippen molar-refractivity contribution in [3.8, 4) is 0 Å². The van der Waals surface area contributed by atoms with E-state index in [-0.39, 0.29) is 0 Å². The van der Waals surface area contributed by atoms with E-state index in [4.69, 9.17) is 0 Å². The lowest BCUT2D eigenvalue weighted by Gasteiger charge is -2.22. The van der Waals surface area contributed by atoms with Gasteiger partial charge in [-0.15, -0.1) is 0 Å². The van der Waals surface area contributed by atoms with Crippen LogP contribution in [0, 0.1) is 0 Å². The summed E-state index contributed by atoms with van der Waals surface area (Å²) in [7, 11) is 2.05. The van der Waals surface area contributed by atoms with Gasteiger partial charge in [-0.2, -0.15) is 0 Å². The second-order valence-electron chi connectivity index (χ2n) is 3.04. The van der Waals surface area contributed by atoms with Gasteiger partial charge in [0.05, 0.1) is 0 Å². The molecule has 2 rings (SSSR count). The normalized spacial score (nSPS) is 21.5. The van der Waals surface area contributed by atoms with Crippen LogP contribution in [0.2, 0.25) is 0 Å². The van der Waals surface area contributed by atoms with Crippen molar-refractivity contribution >= 4 is 5.82 Å². The zero-order valence-electron chi connectivity index (χ0n) is 7.36. The first-order valence-corrected chi connectivity index (χ1v) is 4.11. The molecule has 1 N–H and O–H groups in total. The van der Waals surface area contributed by atoms with Crippen LogP contribution in [0.3, 0.4) is 0 Å². The van der Waals surface area contributed by atoms with Crippen LogP contribution < -0.4 is 10.2 Å². The first-order chi connectivity index (χ1) is 5.79. The molecule has 0 bridgehead atoms. The highest BCUT2D eigenvalue weighted by atomic mass is 15.3. The molecule has 1 aliphatic heterocycles. The molecule has 3 heteroatoms. The van der Waals surface area contributed by atoms with Gasteiger partial charge in [0.2, 0.25) is 0 Å². The molecule has 0 aromatic carbocycles. The predicted molar refractivity (Wildman–Crippen MR) is 49.6 cm³/mol. The van der Waals surface area contributed by atoms with E-state index in [1.807, 2.05) is 25.5 Å². The molecule has 1 aromatic rings. The maximum Gasteiger partial charge on any atom is 0.113 e. The average Bonchev–Trinajstić information content (AvgIpc) is 2.59. The monoisotopic (exact) mass is 163 g/mol. The third kappa shape index (κ3) is 0.978. The maximum atomic E-state index is 3.22. The van der Waals surface area contributed by atoms with Crippen LogP contribution in [-0.4, -0.2) is 10.7 Å². The molecule has 12 heavy (non-hydrogen) atoms. The van der Waals surface area contributed by atoms with Crippen molar-refractivity contribution in [2.75, 3.05) is 4.90 Å². The highest BCUT2D eigenvalue weighted by molar-refractivity contribution is 5.46. The van der Waals surface area contributed by atoms with Crippen molar-refractivity contribution in [1.29, 1.82) is 0 Å². The van der Waals surface area contributed by atoms with E-state index in [9.17, 15) is 0 Å². The van der Waals surface area contributed by atoms with Gasteiger partial charge in [-0.3, -0.25) is 0 Å². The molecule has 0 radical (unpaired) electrons. The van der Waals surface area contributed by atoms with Gasteiger partial charge in [0.1, 0.15) is 12.0 Å². The van der Waals surface area contributed by atoms with Crippen LogP contribution in [0.4, 0.5) is 5.82 Å². The minimum Gasteiger partial charge on any atom is -0.370 e. The summed E-state index contributed by atoms with van der Waals surface area (Å²) in [5, 5.41) is 3.22. The molecular weight excluding hydrogens is 150 g/mol. The van der Waals surface area contributed by atoms with E-state index in [1.54, 1.807) is 0 Å². The Morgan fingerprint density at radius 2 is 2.33 bits per heavy atom. The van der Waals surface area contributed by atoms with Gasteiger partial charge in [0.15, 0.2) is 0 Å². The Morgan fingerprint density at radius 1 is 1.50 bits per heavy atom. The molecule has 3 nitrogen and oxygen atoms in total. The molecule has 0 fully saturated rings. The maximum absolute atomic E-state index is 3.22.